The zero-order chi connectivity index (χ0) is 9.94. The molecule has 0 aliphatic rings. The summed E-state index contributed by atoms with van der Waals surface area (Å²) in [6.07, 6.45) is 7.91. The summed E-state index contributed by atoms with van der Waals surface area (Å²) in [5, 5.41) is 0. The molecule has 0 aromatic carbocycles. The molecule has 0 heterocycles. The lowest BCUT2D eigenvalue weighted by atomic mass is 10.1. The normalized spacial score (nSPS) is 9.29. The molecular formula is C11H25NO2. The Bertz CT molecular complexity index is 126. The summed E-state index contributed by atoms with van der Waals surface area (Å²) in [7, 11) is 0. The molecule has 0 amide bonds. The minimum Gasteiger partial charge on any atom is -0.466 e. The third-order valence-electron chi connectivity index (χ3n) is 2.04. The van der Waals surface area contributed by atoms with Gasteiger partial charge in [-0.25, -0.2) is 0 Å². The number of rotatable bonds is 8. The van der Waals surface area contributed by atoms with E-state index in [1.54, 1.807) is 0 Å². The second kappa shape index (κ2) is 12.4. The van der Waals surface area contributed by atoms with Gasteiger partial charge in [-0.2, -0.15) is 0 Å². The van der Waals surface area contributed by atoms with E-state index in [-0.39, 0.29) is 12.1 Å². The zero-order valence-corrected chi connectivity index (χ0v) is 9.68. The van der Waals surface area contributed by atoms with Crippen LogP contribution in [0.5, 0.6) is 0 Å². The molecule has 0 radical (unpaired) electrons. The molecule has 0 bridgehead atoms. The van der Waals surface area contributed by atoms with Crippen LogP contribution in [0.2, 0.25) is 0 Å². The van der Waals surface area contributed by atoms with Crippen LogP contribution in [0.25, 0.3) is 0 Å². The second-order valence-electron chi connectivity index (χ2n) is 3.32. The highest BCUT2D eigenvalue weighted by Gasteiger charge is 1.99. The summed E-state index contributed by atoms with van der Waals surface area (Å²) >= 11 is 0. The molecular weight excluding hydrogens is 178 g/mol. The number of unbranched alkanes of at least 4 members (excludes halogenated alkanes) is 5. The highest BCUT2D eigenvalue weighted by Crippen LogP contribution is 2.07. The Morgan fingerprint density at radius 1 is 1.00 bits per heavy atom. The maximum absolute atomic E-state index is 10.9. The molecule has 0 fully saturated rings. The van der Waals surface area contributed by atoms with Gasteiger partial charge >= 0.3 is 5.97 Å². The lowest BCUT2D eigenvalue weighted by Gasteiger charge is -2.01. The highest BCUT2D eigenvalue weighted by molar-refractivity contribution is 5.69. The monoisotopic (exact) mass is 203 g/mol. The van der Waals surface area contributed by atoms with Crippen molar-refractivity contribution in [3.63, 3.8) is 0 Å². The lowest BCUT2D eigenvalue weighted by Crippen LogP contribution is -2.03. The summed E-state index contributed by atoms with van der Waals surface area (Å²) in [6.45, 7) is 4.56. The van der Waals surface area contributed by atoms with E-state index in [1.807, 2.05) is 6.92 Å². The zero-order valence-electron chi connectivity index (χ0n) is 9.68. The number of hydrogen-bond donors (Lipinski definition) is 1. The van der Waals surface area contributed by atoms with Gasteiger partial charge in [-0.3, -0.25) is 4.79 Å². The summed E-state index contributed by atoms with van der Waals surface area (Å²) in [6, 6.07) is 0. The Morgan fingerprint density at radius 2 is 1.57 bits per heavy atom. The highest BCUT2D eigenvalue weighted by atomic mass is 16.5. The van der Waals surface area contributed by atoms with Crippen molar-refractivity contribution in [3.8, 4) is 0 Å². The van der Waals surface area contributed by atoms with Gasteiger partial charge in [0.05, 0.1) is 6.61 Å². The van der Waals surface area contributed by atoms with Crippen molar-refractivity contribution in [2.24, 2.45) is 0 Å². The average Bonchev–Trinajstić information content (AvgIpc) is 2.11. The van der Waals surface area contributed by atoms with Crippen LogP contribution in [-0.4, -0.2) is 12.6 Å². The van der Waals surface area contributed by atoms with E-state index in [0.717, 1.165) is 6.42 Å². The van der Waals surface area contributed by atoms with E-state index < -0.39 is 0 Å². The van der Waals surface area contributed by atoms with Gasteiger partial charge in [-0.15, -0.1) is 0 Å². The molecule has 0 saturated heterocycles. The van der Waals surface area contributed by atoms with E-state index >= 15 is 0 Å². The number of carbonyl (C=O) groups excluding carboxylic acids is 1. The van der Waals surface area contributed by atoms with Crippen LogP contribution < -0.4 is 6.15 Å². The van der Waals surface area contributed by atoms with Gasteiger partial charge in [-0.05, 0) is 13.3 Å². The fraction of sp³-hybridized carbons (Fsp3) is 0.909. The molecule has 0 aliphatic carbocycles. The SMILES string of the molecule is CCCCCCCCC(=O)OCC.N. The summed E-state index contributed by atoms with van der Waals surface area (Å²) in [5.74, 6) is -0.0435. The largest absolute Gasteiger partial charge is 0.466 e. The van der Waals surface area contributed by atoms with Gasteiger partial charge in [0, 0.05) is 6.42 Å². The number of carbonyl (C=O) groups is 1. The first-order chi connectivity index (χ1) is 6.31. The van der Waals surface area contributed by atoms with Crippen LogP contribution in [0, 0.1) is 0 Å². The topological polar surface area (TPSA) is 61.3 Å². The molecule has 0 atom stereocenters. The minimum atomic E-state index is -0.0435. The molecule has 0 aromatic heterocycles. The minimum absolute atomic E-state index is 0. The first-order valence-electron chi connectivity index (χ1n) is 5.46. The van der Waals surface area contributed by atoms with Gasteiger partial charge in [0.1, 0.15) is 0 Å². The third-order valence-corrected chi connectivity index (χ3v) is 2.04. The Balaban J connectivity index is 0. The molecule has 3 N–H and O–H groups in total. The summed E-state index contributed by atoms with van der Waals surface area (Å²) < 4.78 is 4.83. The maximum Gasteiger partial charge on any atom is 0.305 e. The molecule has 3 heteroatoms. The van der Waals surface area contributed by atoms with E-state index in [1.165, 1.54) is 32.1 Å². The summed E-state index contributed by atoms with van der Waals surface area (Å²) in [5.41, 5.74) is 0. The van der Waals surface area contributed by atoms with Crippen molar-refractivity contribution < 1.29 is 9.53 Å². The van der Waals surface area contributed by atoms with E-state index in [4.69, 9.17) is 4.74 Å². The van der Waals surface area contributed by atoms with Crippen LogP contribution >= 0.6 is 0 Å². The molecule has 0 spiro atoms. The van der Waals surface area contributed by atoms with Crippen molar-refractivity contribution in [1.82, 2.24) is 6.15 Å². The lowest BCUT2D eigenvalue weighted by molar-refractivity contribution is -0.143. The molecule has 0 unspecified atom stereocenters. The van der Waals surface area contributed by atoms with E-state index in [0.29, 0.717) is 13.0 Å². The van der Waals surface area contributed by atoms with Crippen molar-refractivity contribution in [3.05, 3.63) is 0 Å². The van der Waals surface area contributed by atoms with Gasteiger partial charge in [-0.1, -0.05) is 39.0 Å². The van der Waals surface area contributed by atoms with Crippen LogP contribution in [-0.2, 0) is 9.53 Å². The first-order valence-corrected chi connectivity index (χ1v) is 5.46. The quantitative estimate of drug-likeness (QED) is 0.485. The molecule has 14 heavy (non-hydrogen) atoms. The fourth-order valence-electron chi connectivity index (χ4n) is 1.28. The third kappa shape index (κ3) is 11.4. The van der Waals surface area contributed by atoms with Crippen molar-refractivity contribution in [2.45, 2.75) is 58.8 Å². The van der Waals surface area contributed by atoms with Crippen molar-refractivity contribution >= 4 is 5.97 Å². The predicted molar refractivity (Wildman–Crippen MR) is 59.6 cm³/mol. The van der Waals surface area contributed by atoms with Gasteiger partial charge in [0.2, 0.25) is 0 Å². The average molecular weight is 203 g/mol. The predicted octanol–water partition coefficient (Wildman–Crippen LogP) is 3.46. The standard InChI is InChI=1S/C11H22O2.H3N/c1-3-5-6-7-8-9-10-11(12)13-4-2;/h3-10H2,1-2H3;1H3. The molecule has 3 nitrogen and oxygen atoms in total. The van der Waals surface area contributed by atoms with E-state index in [9.17, 15) is 4.79 Å². The number of esters is 1. The molecule has 0 rings (SSSR count). The molecule has 86 valence electrons. The van der Waals surface area contributed by atoms with Gasteiger partial charge in [0.25, 0.3) is 0 Å². The van der Waals surface area contributed by atoms with Gasteiger partial charge in [0.15, 0.2) is 0 Å². The Labute approximate surface area is 87.8 Å². The Hall–Kier alpha value is -0.570. The molecule has 0 aliphatic heterocycles. The Kier molecular flexibility index (Phi) is 14.1. The maximum atomic E-state index is 10.9. The van der Waals surface area contributed by atoms with Crippen LogP contribution in [0.3, 0.4) is 0 Å². The second-order valence-corrected chi connectivity index (χ2v) is 3.32. The fourth-order valence-corrected chi connectivity index (χ4v) is 1.28. The van der Waals surface area contributed by atoms with Crippen molar-refractivity contribution in [2.75, 3.05) is 6.61 Å². The Morgan fingerprint density at radius 3 is 2.14 bits per heavy atom. The van der Waals surface area contributed by atoms with Crippen molar-refractivity contribution in [1.29, 1.82) is 0 Å². The molecule has 0 saturated carbocycles. The van der Waals surface area contributed by atoms with Crippen LogP contribution in [0.15, 0.2) is 0 Å². The van der Waals surface area contributed by atoms with E-state index in [2.05, 4.69) is 6.92 Å². The first kappa shape index (κ1) is 15.9. The smallest absolute Gasteiger partial charge is 0.305 e. The number of hydrogen-bond acceptors (Lipinski definition) is 3. The summed E-state index contributed by atoms with van der Waals surface area (Å²) in [4.78, 5) is 10.9. The number of ether oxygens (including phenoxy) is 1. The van der Waals surface area contributed by atoms with Gasteiger partial charge < -0.3 is 10.9 Å². The van der Waals surface area contributed by atoms with Crippen LogP contribution in [0.4, 0.5) is 0 Å². The molecule has 0 aromatic rings. The van der Waals surface area contributed by atoms with Crippen LogP contribution in [0.1, 0.15) is 58.8 Å².